The van der Waals surface area contributed by atoms with Crippen LogP contribution in [0, 0.1) is 39.9 Å². The number of nitrogens with two attached hydrogens (primary N) is 2. The molecule has 8 N–H and O–H groups in total. The summed E-state index contributed by atoms with van der Waals surface area (Å²) in [5.74, 6) is 0.354. The smallest absolute Gasteiger partial charge is 0.159 e. The van der Waals surface area contributed by atoms with Gasteiger partial charge in [0.2, 0.25) is 0 Å². The number of aliphatic hydroxyl groups is 4. The number of ketones is 1. The van der Waals surface area contributed by atoms with E-state index in [1.807, 2.05) is 13.8 Å². The summed E-state index contributed by atoms with van der Waals surface area (Å²) in [6.45, 7) is 13.4. The van der Waals surface area contributed by atoms with Gasteiger partial charge in [0.15, 0.2) is 5.78 Å². The molecule has 8 nitrogen and oxygen atoms in total. The van der Waals surface area contributed by atoms with E-state index in [0.717, 1.165) is 89.2 Å². The molecule has 13 unspecified atom stereocenters. The second kappa shape index (κ2) is 13.0. The number of carbonyl (C=O) groups excluding carboxylic acids is 1. The van der Waals surface area contributed by atoms with Crippen LogP contribution < -0.4 is 11.1 Å². The molecule has 6 rings (SSSR count). The van der Waals surface area contributed by atoms with Crippen LogP contribution in [-0.4, -0.2) is 74.0 Å². The molecule has 0 bridgehead atoms. The lowest BCUT2D eigenvalue weighted by Crippen LogP contribution is -2.94. The number of hydrogen-bond donors (Lipinski definition) is 6. The highest BCUT2D eigenvalue weighted by Gasteiger charge is 2.73. The van der Waals surface area contributed by atoms with Crippen LogP contribution in [-0.2, 0) is 9.53 Å². The maximum atomic E-state index is 14.0. The third-order valence-corrected chi connectivity index (χ3v) is 15.8. The molecule has 0 radical (unpaired) electrons. The predicted octanol–water partition coefficient (Wildman–Crippen LogP) is 4.50. The Labute approximate surface area is 290 Å². The summed E-state index contributed by atoms with van der Waals surface area (Å²) in [7, 11) is 0. The Morgan fingerprint density at radius 2 is 1.73 bits per heavy atom. The van der Waals surface area contributed by atoms with Crippen LogP contribution in [0.4, 0.5) is 0 Å². The summed E-state index contributed by atoms with van der Waals surface area (Å²) in [5, 5.41) is 50.2. The number of hydrogen-bond acceptors (Lipinski definition) is 7. The maximum absolute atomic E-state index is 14.0. The number of carbonyl (C=O) groups is 1. The van der Waals surface area contributed by atoms with Crippen molar-refractivity contribution in [3.8, 4) is 0 Å². The van der Waals surface area contributed by atoms with Crippen molar-refractivity contribution < 1.29 is 35.3 Å². The number of quaternary nitrogens is 1. The van der Waals surface area contributed by atoms with Gasteiger partial charge in [0.1, 0.15) is 18.4 Å². The summed E-state index contributed by atoms with van der Waals surface area (Å²) in [5.41, 5.74) is 2.30. The number of aliphatic hydroxyl groups excluding tert-OH is 1. The lowest BCUT2D eigenvalue weighted by atomic mass is 9.44. The van der Waals surface area contributed by atoms with Crippen LogP contribution in [0.3, 0.4) is 0 Å². The van der Waals surface area contributed by atoms with E-state index in [9.17, 15) is 25.2 Å². The van der Waals surface area contributed by atoms with E-state index < -0.39 is 45.9 Å². The topological polar surface area (TPSA) is 153 Å². The van der Waals surface area contributed by atoms with Gasteiger partial charge < -0.3 is 30.5 Å². The van der Waals surface area contributed by atoms with Crippen LogP contribution in [0.25, 0.3) is 0 Å². The van der Waals surface area contributed by atoms with E-state index in [2.05, 4.69) is 33.0 Å². The van der Waals surface area contributed by atoms with Gasteiger partial charge in [-0.05, 0) is 125 Å². The zero-order valence-corrected chi connectivity index (χ0v) is 31.0. The molecule has 6 aliphatic rings. The van der Waals surface area contributed by atoms with Crippen molar-refractivity contribution in [1.29, 1.82) is 0 Å². The molecule has 2 saturated heterocycles. The Bertz CT molecular complexity index is 1230. The number of epoxide rings is 1. The third kappa shape index (κ3) is 5.89. The van der Waals surface area contributed by atoms with Crippen LogP contribution in [0.2, 0.25) is 0 Å². The fourth-order valence-electron chi connectivity index (χ4n) is 12.2. The molecule has 2 heterocycles. The van der Waals surface area contributed by atoms with E-state index >= 15 is 0 Å². The highest BCUT2D eigenvalue weighted by molar-refractivity contribution is 5.95. The Kier molecular flexibility index (Phi) is 9.97. The van der Waals surface area contributed by atoms with Crippen LogP contribution in [0.15, 0.2) is 11.6 Å². The van der Waals surface area contributed by atoms with Crippen molar-refractivity contribution in [2.45, 2.75) is 186 Å². The quantitative estimate of drug-likeness (QED) is 0.132. The largest absolute Gasteiger partial charge is 0.393 e. The Morgan fingerprint density at radius 3 is 2.44 bits per heavy atom. The van der Waals surface area contributed by atoms with E-state index in [0.29, 0.717) is 25.2 Å². The Hall–Kier alpha value is -0.870. The lowest BCUT2D eigenvalue weighted by molar-refractivity contribution is -0.699. The molecule has 8 heteroatoms. The fourth-order valence-corrected chi connectivity index (χ4v) is 12.2. The SMILES string of the molecule is CCCCCCC12CCC(O)CC1C(=O)C=C1C2CCC2(C)C(C(C)(O)C3OC3C(C)(O)C(C)(C)CCC3CC[NH2+]C(N)C3)CCC12O. The molecule has 48 heavy (non-hydrogen) atoms. The molecule has 13 atom stereocenters. The summed E-state index contributed by atoms with van der Waals surface area (Å²) < 4.78 is 6.30. The molecule has 0 spiro atoms. The van der Waals surface area contributed by atoms with Gasteiger partial charge in [0.05, 0.1) is 29.5 Å². The van der Waals surface area contributed by atoms with E-state index in [1.165, 1.54) is 6.42 Å². The highest BCUT2D eigenvalue weighted by atomic mass is 16.6. The third-order valence-electron chi connectivity index (χ3n) is 15.8. The van der Waals surface area contributed by atoms with Gasteiger partial charge >= 0.3 is 0 Å². The fraction of sp³-hybridized carbons (Fsp3) is 0.925. The van der Waals surface area contributed by atoms with Gasteiger partial charge in [-0.25, -0.2) is 0 Å². The molecular weight excluding hydrogens is 604 g/mol. The zero-order valence-electron chi connectivity index (χ0n) is 31.0. The summed E-state index contributed by atoms with van der Waals surface area (Å²) >= 11 is 0. The van der Waals surface area contributed by atoms with Crippen molar-refractivity contribution in [2.24, 2.45) is 45.7 Å². The number of rotatable bonds is 12. The van der Waals surface area contributed by atoms with Crippen molar-refractivity contribution >= 4 is 5.78 Å². The second-order valence-corrected chi connectivity index (χ2v) is 18.8. The molecular formula is C40H69N2O6+. The molecule has 0 aromatic rings. The van der Waals surface area contributed by atoms with E-state index in [-0.39, 0.29) is 35.1 Å². The van der Waals surface area contributed by atoms with Gasteiger partial charge in [-0.2, -0.15) is 0 Å². The van der Waals surface area contributed by atoms with Crippen LogP contribution >= 0.6 is 0 Å². The van der Waals surface area contributed by atoms with Crippen molar-refractivity contribution in [2.75, 3.05) is 6.54 Å². The van der Waals surface area contributed by atoms with Crippen LogP contribution in [0.1, 0.15) is 144 Å². The van der Waals surface area contributed by atoms with Crippen molar-refractivity contribution in [3.63, 3.8) is 0 Å². The first-order valence-corrected chi connectivity index (χ1v) is 19.8. The molecule has 274 valence electrons. The number of fused-ring (bicyclic) bond motifs is 5. The van der Waals surface area contributed by atoms with Crippen molar-refractivity contribution in [3.05, 3.63) is 11.6 Å². The number of unbranched alkanes of at least 4 members (excludes halogenated alkanes) is 3. The molecule has 0 amide bonds. The van der Waals surface area contributed by atoms with Gasteiger partial charge in [-0.3, -0.25) is 10.5 Å². The molecule has 0 aromatic heterocycles. The minimum absolute atomic E-state index is 0.0839. The standard InChI is InChI=1S/C40H68N2O6/c1-7-8-9-10-16-39-19-12-26(43)23-29(39)30(44)24-28-27(39)13-18-36(4)31(14-20-40(28,36)47)37(5,45)33-34(48-33)38(6,46)35(2,3)17-11-25-15-21-42-32(41)22-25/h24-27,29,31-34,42-43,45-47H,7-23,41H2,1-6H3/p+1. The van der Waals surface area contributed by atoms with Gasteiger partial charge in [0.25, 0.3) is 0 Å². The molecule has 0 aromatic carbocycles. The van der Waals surface area contributed by atoms with Crippen LogP contribution in [0.5, 0.6) is 0 Å². The normalized spacial score (nSPS) is 45.3. The number of ether oxygens (including phenoxy) is 1. The predicted molar refractivity (Wildman–Crippen MR) is 187 cm³/mol. The number of allylic oxidation sites excluding steroid dienone is 1. The summed E-state index contributed by atoms with van der Waals surface area (Å²) in [4.78, 5) is 14.0. The first kappa shape index (κ1) is 36.9. The minimum atomic E-state index is -1.25. The second-order valence-electron chi connectivity index (χ2n) is 18.8. The summed E-state index contributed by atoms with van der Waals surface area (Å²) in [6, 6.07) is 0. The minimum Gasteiger partial charge on any atom is -0.393 e. The van der Waals surface area contributed by atoms with Gasteiger partial charge in [-0.15, -0.1) is 0 Å². The monoisotopic (exact) mass is 674 g/mol. The average Bonchev–Trinajstić information content (AvgIpc) is 3.80. The Balaban J connectivity index is 1.20. The first-order chi connectivity index (χ1) is 22.4. The molecule has 3 saturated carbocycles. The summed E-state index contributed by atoms with van der Waals surface area (Å²) in [6.07, 6.45) is 15.0. The van der Waals surface area contributed by atoms with E-state index in [4.69, 9.17) is 10.5 Å². The first-order valence-electron chi connectivity index (χ1n) is 19.8. The average molecular weight is 674 g/mol. The molecule has 5 fully saturated rings. The van der Waals surface area contributed by atoms with Gasteiger partial charge in [-0.1, -0.05) is 53.4 Å². The van der Waals surface area contributed by atoms with E-state index in [1.54, 1.807) is 6.08 Å². The van der Waals surface area contributed by atoms with Gasteiger partial charge in [0, 0.05) is 17.8 Å². The van der Waals surface area contributed by atoms with Crippen molar-refractivity contribution in [1.82, 2.24) is 0 Å². The zero-order chi connectivity index (χ0) is 34.9. The molecule has 2 aliphatic heterocycles. The molecule has 4 aliphatic carbocycles. The maximum Gasteiger partial charge on any atom is 0.159 e. The Morgan fingerprint density at radius 1 is 0.979 bits per heavy atom. The lowest BCUT2D eigenvalue weighted by Gasteiger charge is -2.61. The number of piperidine rings is 1. The highest BCUT2D eigenvalue weighted by Crippen LogP contribution is 2.70.